The fourth-order valence-electron chi connectivity index (χ4n) is 1.23. The zero-order valence-corrected chi connectivity index (χ0v) is 9.79. The predicted octanol–water partition coefficient (Wildman–Crippen LogP) is 3.01. The van der Waals surface area contributed by atoms with E-state index in [1.54, 1.807) is 6.07 Å². The van der Waals surface area contributed by atoms with Crippen LogP contribution in [0, 0.1) is 5.82 Å². The Bertz CT molecular complexity index is 490. The first-order valence-electron chi connectivity index (χ1n) is 4.34. The lowest BCUT2D eigenvalue weighted by Crippen LogP contribution is -2.08. The van der Waals surface area contributed by atoms with E-state index in [2.05, 4.69) is 10.1 Å². The minimum atomic E-state index is -0.513. The number of fused-ring (bicyclic) bond motifs is 1. The van der Waals surface area contributed by atoms with Gasteiger partial charge in [0.25, 0.3) is 0 Å². The van der Waals surface area contributed by atoms with Crippen LogP contribution in [0.15, 0.2) is 28.1 Å². The van der Waals surface area contributed by atoms with Crippen molar-refractivity contribution < 1.29 is 13.9 Å². The maximum atomic E-state index is 13.2. The van der Waals surface area contributed by atoms with E-state index in [4.69, 9.17) is 11.6 Å². The largest absolute Gasteiger partial charge is 0.465 e. The van der Waals surface area contributed by atoms with Gasteiger partial charge in [0, 0.05) is 6.20 Å². The molecule has 0 unspecified atom stereocenters. The molecule has 1 aliphatic rings. The Morgan fingerprint density at radius 2 is 2.31 bits per heavy atom. The van der Waals surface area contributed by atoms with E-state index in [1.165, 1.54) is 19.4 Å². The van der Waals surface area contributed by atoms with Gasteiger partial charge in [-0.2, -0.15) is 0 Å². The summed E-state index contributed by atoms with van der Waals surface area (Å²) >= 11 is 6.89. The monoisotopic (exact) mass is 259 g/mol. The number of thioether (sulfide) groups is 1. The van der Waals surface area contributed by atoms with Gasteiger partial charge in [0.2, 0.25) is 0 Å². The molecule has 0 aromatic heterocycles. The number of ether oxygens (including phenoxy) is 1. The van der Waals surface area contributed by atoms with Gasteiger partial charge in [-0.15, -0.1) is 0 Å². The lowest BCUT2D eigenvalue weighted by molar-refractivity contribution is -0.135. The number of benzene rings is 1. The third-order valence-electron chi connectivity index (χ3n) is 2.01. The molecule has 0 atom stereocenters. The Morgan fingerprint density at radius 3 is 3.00 bits per heavy atom. The van der Waals surface area contributed by atoms with Crippen LogP contribution in [-0.4, -0.2) is 13.1 Å². The van der Waals surface area contributed by atoms with Crippen molar-refractivity contribution in [1.82, 2.24) is 0 Å². The summed E-state index contributed by atoms with van der Waals surface area (Å²) in [6.45, 7) is 0. The van der Waals surface area contributed by atoms with Crippen molar-refractivity contribution in [3.8, 4) is 0 Å². The molecular weight excluding hydrogens is 253 g/mol. The number of methoxy groups -OCH3 is 1. The SMILES string of the molecule is COC(=O)C1=CNc2ccc(F)c(Cl)c2S1. The highest BCUT2D eigenvalue weighted by molar-refractivity contribution is 8.04. The Balaban J connectivity index is 2.38. The van der Waals surface area contributed by atoms with Gasteiger partial charge in [0.15, 0.2) is 0 Å². The van der Waals surface area contributed by atoms with Crippen molar-refractivity contribution in [3.63, 3.8) is 0 Å². The fraction of sp³-hybridized carbons (Fsp3) is 0.100. The quantitative estimate of drug-likeness (QED) is 0.787. The van der Waals surface area contributed by atoms with Crippen molar-refractivity contribution in [2.24, 2.45) is 0 Å². The highest BCUT2D eigenvalue weighted by Gasteiger charge is 2.21. The molecule has 0 saturated carbocycles. The molecule has 0 aliphatic carbocycles. The molecule has 1 heterocycles. The second kappa shape index (κ2) is 4.35. The fourth-order valence-corrected chi connectivity index (χ4v) is 2.44. The molecule has 84 valence electrons. The topological polar surface area (TPSA) is 38.3 Å². The van der Waals surface area contributed by atoms with Crippen LogP contribution >= 0.6 is 23.4 Å². The average molecular weight is 260 g/mol. The predicted molar refractivity (Wildman–Crippen MR) is 61.0 cm³/mol. The molecule has 6 heteroatoms. The van der Waals surface area contributed by atoms with E-state index in [0.717, 1.165) is 11.8 Å². The van der Waals surface area contributed by atoms with Crippen LogP contribution < -0.4 is 5.32 Å². The van der Waals surface area contributed by atoms with Gasteiger partial charge < -0.3 is 10.1 Å². The number of nitrogens with one attached hydrogen (secondary N) is 1. The standard InChI is InChI=1S/C10H7ClFNO2S/c1-15-10(14)7-4-13-6-3-2-5(12)8(11)9(6)16-7/h2-4,13H,1H3. The number of halogens is 2. The van der Waals surface area contributed by atoms with Crippen LogP contribution in [0.4, 0.5) is 10.1 Å². The number of anilines is 1. The average Bonchev–Trinajstić information content (AvgIpc) is 2.32. The first-order chi connectivity index (χ1) is 7.63. The Kier molecular flexibility index (Phi) is 3.07. The normalized spacial score (nSPS) is 13.6. The van der Waals surface area contributed by atoms with E-state index in [-0.39, 0.29) is 5.02 Å². The molecule has 2 rings (SSSR count). The number of esters is 1. The Hall–Kier alpha value is -1.20. The van der Waals surface area contributed by atoms with Gasteiger partial charge in [-0.1, -0.05) is 23.4 Å². The number of hydrogen-bond acceptors (Lipinski definition) is 4. The Morgan fingerprint density at radius 1 is 1.56 bits per heavy atom. The third-order valence-corrected chi connectivity index (χ3v) is 3.62. The lowest BCUT2D eigenvalue weighted by atomic mass is 10.3. The first-order valence-corrected chi connectivity index (χ1v) is 5.54. The van der Waals surface area contributed by atoms with Gasteiger partial charge in [-0.05, 0) is 12.1 Å². The minimum Gasteiger partial charge on any atom is -0.465 e. The van der Waals surface area contributed by atoms with Gasteiger partial charge in [0.05, 0.1) is 22.7 Å². The van der Waals surface area contributed by atoms with E-state index >= 15 is 0 Å². The van der Waals surface area contributed by atoms with Crippen LogP contribution in [0.25, 0.3) is 0 Å². The summed E-state index contributed by atoms with van der Waals surface area (Å²) in [4.78, 5) is 12.1. The molecular formula is C10H7ClFNO2S. The molecule has 16 heavy (non-hydrogen) atoms. The summed E-state index contributed by atoms with van der Waals surface area (Å²) in [6.07, 6.45) is 1.51. The molecule has 1 aromatic rings. The molecule has 1 aromatic carbocycles. The summed E-state index contributed by atoms with van der Waals surface area (Å²) in [5.41, 5.74) is 0.670. The van der Waals surface area contributed by atoms with E-state index in [9.17, 15) is 9.18 Å². The maximum Gasteiger partial charge on any atom is 0.346 e. The van der Waals surface area contributed by atoms with Gasteiger partial charge in [-0.3, -0.25) is 0 Å². The molecule has 0 spiro atoms. The van der Waals surface area contributed by atoms with Crippen molar-refractivity contribution in [1.29, 1.82) is 0 Å². The lowest BCUT2D eigenvalue weighted by Gasteiger charge is -2.17. The van der Waals surface area contributed by atoms with E-state index in [0.29, 0.717) is 15.5 Å². The molecule has 0 fully saturated rings. The van der Waals surface area contributed by atoms with Gasteiger partial charge in [0.1, 0.15) is 10.7 Å². The Labute approximate surface area is 101 Å². The van der Waals surface area contributed by atoms with Gasteiger partial charge >= 0.3 is 5.97 Å². The highest BCUT2D eigenvalue weighted by atomic mass is 35.5. The van der Waals surface area contributed by atoms with E-state index < -0.39 is 11.8 Å². The first kappa shape index (κ1) is 11.3. The van der Waals surface area contributed by atoms with Crippen molar-refractivity contribution in [2.45, 2.75) is 4.90 Å². The molecule has 0 saturated heterocycles. The summed E-state index contributed by atoms with van der Waals surface area (Å²) in [7, 11) is 1.28. The summed E-state index contributed by atoms with van der Waals surface area (Å²) in [5.74, 6) is -0.996. The van der Waals surface area contributed by atoms with Crippen LogP contribution in [0.2, 0.25) is 5.02 Å². The third kappa shape index (κ3) is 1.88. The van der Waals surface area contributed by atoms with Gasteiger partial charge in [-0.25, -0.2) is 9.18 Å². The molecule has 0 radical (unpaired) electrons. The molecule has 3 nitrogen and oxygen atoms in total. The number of carbonyl (C=O) groups is 1. The number of hydrogen-bond donors (Lipinski definition) is 1. The van der Waals surface area contributed by atoms with Crippen LogP contribution in [0.1, 0.15) is 0 Å². The van der Waals surface area contributed by atoms with Crippen LogP contribution in [0.5, 0.6) is 0 Å². The molecule has 1 N–H and O–H groups in total. The summed E-state index contributed by atoms with van der Waals surface area (Å²) in [6, 6.07) is 2.83. The maximum absolute atomic E-state index is 13.2. The second-order valence-electron chi connectivity index (χ2n) is 2.98. The zero-order chi connectivity index (χ0) is 11.7. The second-order valence-corrected chi connectivity index (χ2v) is 4.41. The zero-order valence-electron chi connectivity index (χ0n) is 8.21. The highest BCUT2D eigenvalue weighted by Crippen LogP contribution is 2.42. The molecule has 1 aliphatic heterocycles. The van der Waals surface area contributed by atoms with Crippen molar-refractivity contribution >= 4 is 35.0 Å². The minimum absolute atomic E-state index is 0.00417. The van der Waals surface area contributed by atoms with Crippen molar-refractivity contribution in [2.75, 3.05) is 12.4 Å². The molecule has 0 amide bonds. The van der Waals surface area contributed by atoms with Crippen LogP contribution in [-0.2, 0) is 9.53 Å². The van der Waals surface area contributed by atoms with E-state index in [1.807, 2.05) is 0 Å². The van der Waals surface area contributed by atoms with Crippen molar-refractivity contribution in [3.05, 3.63) is 34.1 Å². The molecule has 0 bridgehead atoms. The summed E-state index contributed by atoms with van der Waals surface area (Å²) in [5, 5.41) is 2.87. The smallest absolute Gasteiger partial charge is 0.346 e. The summed E-state index contributed by atoms with van der Waals surface area (Å²) < 4.78 is 17.8. The number of carbonyl (C=O) groups excluding carboxylic acids is 1. The van der Waals surface area contributed by atoms with Crippen LogP contribution in [0.3, 0.4) is 0 Å². The number of rotatable bonds is 1.